The summed E-state index contributed by atoms with van der Waals surface area (Å²) in [5.74, 6) is 0.0970. The fraction of sp³-hybridized carbons (Fsp3) is 0.625. The van der Waals surface area contributed by atoms with Gasteiger partial charge in [-0.1, -0.05) is 37.5 Å². The maximum absolute atomic E-state index is 11.8. The molecule has 1 N–H and O–H groups in total. The lowest BCUT2D eigenvalue weighted by molar-refractivity contribution is 0.185. The maximum atomic E-state index is 11.8. The fourth-order valence-corrected chi connectivity index (χ4v) is 3.60. The molecule has 1 fully saturated rings. The molecule has 0 radical (unpaired) electrons. The molecule has 1 aromatic carbocycles. The van der Waals surface area contributed by atoms with Crippen LogP contribution in [0.1, 0.15) is 44.6 Å². The fourth-order valence-electron chi connectivity index (χ4n) is 2.92. The Morgan fingerprint density at radius 3 is 2.52 bits per heavy atom. The van der Waals surface area contributed by atoms with Gasteiger partial charge in [0.2, 0.25) is 10.0 Å². The molecule has 1 aliphatic rings. The van der Waals surface area contributed by atoms with E-state index >= 15 is 0 Å². The van der Waals surface area contributed by atoms with Crippen LogP contribution in [0.5, 0.6) is 0 Å². The van der Waals surface area contributed by atoms with Crippen molar-refractivity contribution in [2.45, 2.75) is 51.6 Å². The van der Waals surface area contributed by atoms with Gasteiger partial charge in [-0.25, -0.2) is 8.42 Å². The monoisotopic (exact) mass is 310 g/mol. The zero-order valence-corrected chi connectivity index (χ0v) is 13.8. The van der Waals surface area contributed by atoms with Gasteiger partial charge in [0.1, 0.15) is 0 Å². The molecule has 0 saturated heterocycles. The first-order chi connectivity index (χ1) is 10.0. The summed E-state index contributed by atoms with van der Waals surface area (Å²) in [6.45, 7) is 2.44. The number of benzene rings is 1. The van der Waals surface area contributed by atoms with Crippen molar-refractivity contribution in [3.63, 3.8) is 0 Å². The van der Waals surface area contributed by atoms with Gasteiger partial charge in [0.15, 0.2) is 0 Å². The molecule has 0 atom stereocenters. The third kappa shape index (κ3) is 4.71. The van der Waals surface area contributed by atoms with Crippen LogP contribution in [-0.4, -0.2) is 32.2 Å². The molecular formula is C16H26N2O2S. The van der Waals surface area contributed by atoms with Crippen LogP contribution in [0.2, 0.25) is 0 Å². The van der Waals surface area contributed by atoms with Crippen molar-refractivity contribution in [1.29, 1.82) is 0 Å². The van der Waals surface area contributed by atoms with E-state index in [0.29, 0.717) is 11.7 Å². The molecule has 0 aromatic heterocycles. The van der Waals surface area contributed by atoms with Crippen LogP contribution in [0.15, 0.2) is 24.3 Å². The molecule has 0 spiro atoms. The molecule has 0 heterocycles. The van der Waals surface area contributed by atoms with Crippen LogP contribution in [-0.2, 0) is 16.6 Å². The average molecular weight is 310 g/mol. The normalized spacial score (nSPS) is 17.1. The van der Waals surface area contributed by atoms with Crippen LogP contribution in [0.3, 0.4) is 0 Å². The summed E-state index contributed by atoms with van der Waals surface area (Å²) in [4.78, 5) is 2.36. The quantitative estimate of drug-likeness (QED) is 0.877. The Bertz CT molecular complexity index is 551. The van der Waals surface area contributed by atoms with Crippen LogP contribution in [0, 0.1) is 0 Å². The lowest BCUT2D eigenvalue weighted by Gasteiger charge is -2.31. The van der Waals surface area contributed by atoms with Crippen molar-refractivity contribution in [2.24, 2.45) is 0 Å². The Balaban J connectivity index is 2.09. The highest BCUT2D eigenvalue weighted by Gasteiger charge is 2.19. The van der Waals surface area contributed by atoms with Crippen molar-refractivity contribution in [1.82, 2.24) is 4.90 Å². The molecular weight excluding hydrogens is 284 g/mol. The average Bonchev–Trinajstić information content (AvgIpc) is 2.50. The summed E-state index contributed by atoms with van der Waals surface area (Å²) in [6, 6.07) is 8.31. The summed E-state index contributed by atoms with van der Waals surface area (Å²) in [5.41, 5.74) is 1.75. The highest BCUT2D eigenvalue weighted by atomic mass is 32.2. The predicted molar refractivity (Wildman–Crippen MR) is 87.9 cm³/mol. The molecule has 0 unspecified atom stereocenters. The van der Waals surface area contributed by atoms with E-state index in [4.69, 9.17) is 0 Å². The molecule has 1 aliphatic carbocycles. The second kappa shape index (κ2) is 7.27. The smallest absolute Gasteiger partial charge is 0.232 e. The van der Waals surface area contributed by atoms with Gasteiger partial charge in [-0.3, -0.25) is 9.62 Å². The second-order valence-corrected chi connectivity index (χ2v) is 7.88. The Hall–Kier alpha value is -1.07. The minimum absolute atomic E-state index is 0.0970. The summed E-state index contributed by atoms with van der Waals surface area (Å²) in [7, 11) is -1.08. The van der Waals surface area contributed by atoms with E-state index in [1.54, 1.807) is 6.92 Å². The minimum Gasteiger partial charge on any atom is -0.299 e. The first kappa shape index (κ1) is 16.3. The molecule has 0 bridgehead atoms. The van der Waals surface area contributed by atoms with Gasteiger partial charge >= 0.3 is 0 Å². The predicted octanol–water partition coefficient (Wildman–Crippen LogP) is 3.21. The number of para-hydroxylation sites is 1. The summed E-state index contributed by atoms with van der Waals surface area (Å²) >= 11 is 0. The van der Waals surface area contributed by atoms with Gasteiger partial charge in [0.05, 0.1) is 11.4 Å². The Labute approximate surface area is 128 Å². The first-order valence-corrected chi connectivity index (χ1v) is 9.45. The van der Waals surface area contributed by atoms with Gasteiger partial charge < -0.3 is 0 Å². The number of hydrogen-bond donors (Lipinski definition) is 1. The topological polar surface area (TPSA) is 49.4 Å². The molecule has 0 aliphatic heterocycles. The summed E-state index contributed by atoms with van der Waals surface area (Å²) < 4.78 is 26.3. The third-order valence-corrected chi connectivity index (χ3v) is 5.57. The molecule has 118 valence electrons. The number of anilines is 1. The number of nitrogens with zero attached hydrogens (tertiary/aromatic N) is 1. The molecule has 2 rings (SSSR count). The van der Waals surface area contributed by atoms with E-state index < -0.39 is 10.0 Å². The highest BCUT2D eigenvalue weighted by molar-refractivity contribution is 7.92. The van der Waals surface area contributed by atoms with Crippen molar-refractivity contribution in [3.8, 4) is 0 Å². The number of nitrogens with one attached hydrogen (secondary N) is 1. The Kier molecular flexibility index (Phi) is 5.65. The number of hydrogen-bond acceptors (Lipinski definition) is 3. The van der Waals surface area contributed by atoms with E-state index in [9.17, 15) is 8.42 Å². The van der Waals surface area contributed by atoms with Gasteiger partial charge in [0.25, 0.3) is 0 Å². The second-order valence-electron chi connectivity index (χ2n) is 5.87. The maximum Gasteiger partial charge on any atom is 0.232 e. The SMILES string of the molecule is CCS(=O)(=O)Nc1ccccc1CN(C)C1CCCCC1. The molecule has 1 saturated carbocycles. The van der Waals surface area contributed by atoms with Crippen molar-refractivity contribution in [2.75, 3.05) is 17.5 Å². The van der Waals surface area contributed by atoms with Crippen molar-refractivity contribution < 1.29 is 8.42 Å². The first-order valence-electron chi connectivity index (χ1n) is 7.80. The Morgan fingerprint density at radius 1 is 1.19 bits per heavy atom. The van der Waals surface area contributed by atoms with E-state index in [0.717, 1.165) is 12.1 Å². The van der Waals surface area contributed by atoms with Crippen molar-refractivity contribution >= 4 is 15.7 Å². The Morgan fingerprint density at radius 2 is 1.86 bits per heavy atom. The molecule has 1 aromatic rings. The van der Waals surface area contributed by atoms with E-state index in [1.807, 2.05) is 24.3 Å². The number of rotatable bonds is 6. The summed E-state index contributed by atoms with van der Waals surface area (Å²) in [5, 5.41) is 0. The third-order valence-electron chi connectivity index (χ3n) is 4.28. The minimum atomic E-state index is -3.22. The van der Waals surface area contributed by atoms with E-state index in [2.05, 4.69) is 16.7 Å². The van der Waals surface area contributed by atoms with Gasteiger partial charge in [-0.2, -0.15) is 0 Å². The zero-order valence-electron chi connectivity index (χ0n) is 13.0. The summed E-state index contributed by atoms with van der Waals surface area (Å²) in [6.07, 6.45) is 6.45. The largest absolute Gasteiger partial charge is 0.299 e. The standard InChI is InChI=1S/C16H26N2O2S/c1-3-21(19,20)17-16-12-8-7-9-14(16)13-18(2)15-10-5-4-6-11-15/h7-9,12,15,17H,3-6,10-11,13H2,1-2H3. The molecule has 4 nitrogen and oxygen atoms in total. The van der Waals surface area contributed by atoms with E-state index in [1.165, 1.54) is 32.1 Å². The molecule has 5 heteroatoms. The lowest BCUT2D eigenvalue weighted by atomic mass is 9.94. The van der Waals surface area contributed by atoms with Gasteiger partial charge in [-0.15, -0.1) is 0 Å². The van der Waals surface area contributed by atoms with Crippen LogP contribution >= 0.6 is 0 Å². The lowest BCUT2D eigenvalue weighted by Crippen LogP contribution is -2.33. The zero-order chi connectivity index (χ0) is 15.3. The highest BCUT2D eigenvalue weighted by Crippen LogP contribution is 2.25. The van der Waals surface area contributed by atoms with Gasteiger partial charge in [0, 0.05) is 12.6 Å². The van der Waals surface area contributed by atoms with Crippen molar-refractivity contribution in [3.05, 3.63) is 29.8 Å². The molecule has 21 heavy (non-hydrogen) atoms. The van der Waals surface area contributed by atoms with Crippen LogP contribution in [0.25, 0.3) is 0 Å². The van der Waals surface area contributed by atoms with E-state index in [-0.39, 0.29) is 5.75 Å². The van der Waals surface area contributed by atoms with Crippen LogP contribution in [0.4, 0.5) is 5.69 Å². The van der Waals surface area contributed by atoms with Crippen LogP contribution < -0.4 is 4.72 Å². The molecule has 0 amide bonds. The van der Waals surface area contributed by atoms with Gasteiger partial charge in [-0.05, 0) is 38.4 Å². The number of sulfonamides is 1.